The monoisotopic (exact) mass is 306 g/mol. The highest BCUT2D eigenvalue weighted by atomic mass is 15.2. The molecule has 4 rings (SSSR count). The van der Waals surface area contributed by atoms with Crippen LogP contribution in [-0.4, -0.2) is 23.0 Å². The fraction of sp³-hybridized carbons (Fsp3) is 0.476. The largest absolute Gasteiger partial charge is 0.296 e. The summed E-state index contributed by atoms with van der Waals surface area (Å²) < 4.78 is 0. The van der Waals surface area contributed by atoms with Gasteiger partial charge in [0.2, 0.25) is 0 Å². The number of nitrogens with zero attached hydrogens (tertiary/aromatic N) is 2. The van der Waals surface area contributed by atoms with Crippen molar-refractivity contribution in [2.24, 2.45) is 5.41 Å². The molecule has 1 aliphatic heterocycles. The van der Waals surface area contributed by atoms with Gasteiger partial charge in [0, 0.05) is 25.8 Å². The Bertz CT molecular complexity index is 637. The third-order valence-corrected chi connectivity index (χ3v) is 5.49. The molecule has 0 amide bonds. The molecule has 1 aromatic heterocycles. The minimum atomic E-state index is 0.424. The van der Waals surface area contributed by atoms with Gasteiger partial charge in [-0.15, -0.1) is 0 Å². The number of rotatable bonds is 5. The lowest BCUT2D eigenvalue weighted by atomic mass is 9.76. The number of likely N-dealkylation sites (tertiary alicyclic amines) is 1. The fourth-order valence-corrected chi connectivity index (χ4v) is 4.09. The predicted molar refractivity (Wildman–Crippen MR) is 94.4 cm³/mol. The Morgan fingerprint density at radius 3 is 2.48 bits per heavy atom. The maximum Gasteiger partial charge on any atom is 0.0544 e. The topological polar surface area (TPSA) is 16.1 Å². The Balaban J connectivity index is 1.30. The normalized spacial score (nSPS) is 20.7. The van der Waals surface area contributed by atoms with Gasteiger partial charge in [-0.05, 0) is 47.8 Å². The van der Waals surface area contributed by atoms with Crippen LogP contribution in [0.4, 0.5) is 0 Å². The van der Waals surface area contributed by atoms with E-state index in [-0.39, 0.29) is 0 Å². The average molecular weight is 306 g/mol. The number of aromatic nitrogens is 1. The molecule has 0 bridgehead atoms. The van der Waals surface area contributed by atoms with Crippen LogP contribution < -0.4 is 0 Å². The molecule has 0 spiro atoms. The molecule has 120 valence electrons. The van der Waals surface area contributed by atoms with Crippen molar-refractivity contribution in [1.82, 2.24) is 9.88 Å². The third-order valence-electron chi connectivity index (χ3n) is 5.49. The van der Waals surface area contributed by atoms with Crippen molar-refractivity contribution in [3.63, 3.8) is 0 Å². The predicted octanol–water partition coefficient (Wildman–Crippen LogP) is 4.41. The summed E-state index contributed by atoms with van der Waals surface area (Å²) in [6.07, 6.45) is 7.39. The van der Waals surface area contributed by atoms with Crippen molar-refractivity contribution < 1.29 is 0 Å². The van der Waals surface area contributed by atoms with Crippen molar-refractivity contribution in [2.75, 3.05) is 13.1 Å². The molecular formula is C21H26N2. The van der Waals surface area contributed by atoms with Crippen molar-refractivity contribution in [3.05, 3.63) is 65.5 Å². The zero-order valence-electron chi connectivity index (χ0n) is 14.0. The van der Waals surface area contributed by atoms with Crippen molar-refractivity contribution >= 4 is 0 Å². The molecule has 0 unspecified atom stereocenters. The van der Waals surface area contributed by atoms with E-state index in [1.54, 1.807) is 0 Å². The molecular weight excluding hydrogens is 280 g/mol. The van der Waals surface area contributed by atoms with E-state index in [0.717, 1.165) is 12.5 Å². The van der Waals surface area contributed by atoms with Crippen LogP contribution in [0.2, 0.25) is 0 Å². The van der Waals surface area contributed by atoms with Crippen molar-refractivity contribution in [3.8, 4) is 0 Å². The summed E-state index contributed by atoms with van der Waals surface area (Å²) in [5.41, 5.74) is 4.54. The molecule has 2 aromatic rings. The summed E-state index contributed by atoms with van der Waals surface area (Å²) in [6.45, 7) is 5.75. The molecule has 0 N–H and O–H groups in total. The Hall–Kier alpha value is -1.67. The second kappa shape index (κ2) is 6.09. The van der Waals surface area contributed by atoms with E-state index < -0.39 is 0 Å². The Morgan fingerprint density at radius 1 is 1.09 bits per heavy atom. The van der Waals surface area contributed by atoms with Gasteiger partial charge in [-0.3, -0.25) is 9.88 Å². The van der Waals surface area contributed by atoms with E-state index >= 15 is 0 Å². The first-order chi connectivity index (χ1) is 11.2. The van der Waals surface area contributed by atoms with Crippen LogP contribution in [0.3, 0.4) is 0 Å². The lowest BCUT2D eigenvalue weighted by Crippen LogP contribution is -2.55. The Kier molecular flexibility index (Phi) is 3.94. The van der Waals surface area contributed by atoms with Gasteiger partial charge in [-0.25, -0.2) is 0 Å². The number of hydrogen-bond acceptors (Lipinski definition) is 2. The van der Waals surface area contributed by atoms with Gasteiger partial charge >= 0.3 is 0 Å². The molecule has 1 saturated heterocycles. The van der Waals surface area contributed by atoms with Gasteiger partial charge in [0.1, 0.15) is 0 Å². The lowest BCUT2D eigenvalue weighted by molar-refractivity contribution is 0.00848. The van der Waals surface area contributed by atoms with E-state index in [0.29, 0.717) is 5.41 Å². The second-order valence-electron chi connectivity index (χ2n) is 7.83. The minimum absolute atomic E-state index is 0.424. The molecule has 1 aliphatic carbocycles. The van der Waals surface area contributed by atoms with Gasteiger partial charge in [0.05, 0.1) is 5.69 Å². The van der Waals surface area contributed by atoms with Crippen LogP contribution in [-0.2, 0) is 13.0 Å². The summed E-state index contributed by atoms with van der Waals surface area (Å²) in [7, 11) is 0. The SMILES string of the molecule is CC1(Cc2ccccc2)CN(Cc2ccc(C3CCC3)cn2)C1. The summed E-state index contributed by atoms with van der Waals surface area (Å²) in [6, 6.07) is 15.4. The first-order valence-corrected chi connectivity index (χ1v) is 8.91. The lowest BCUT2D eigenvalue weighted by Gasteiger charge is -2.48. The van der Waals surface area contributed by atoms with E-state index in [1.807, 2.05) is 0 Å². The summed E-state index contributed by atoms with van der Waals surface area (Å²) in [4.78, 5) is 7.22. The summed E-state index contributed by atoms with van der Waals surface area (Å²) >= 11 is 0. The first kappa shape index (κ1) is 14.9. The molecule has 2 heteroatoms. The van der Waals surface area contributed by atoms with Crippen LogP contribution >= 0.6 is 0 Å². The fourth-order valence-electron chi connectivity index (χ4n) is 4.09. The standard InChI is InChI=1S/C21H26N2/c1-21(12-17-6-3-2-4-7-17)15-23(16-21)14-20-11-10-19(13-22-20)18-8-5-9-18/h2-4,6-7,10-11,13,18H,5,8-9,12,14-16H2,1H3. The Labute approximate surface area is 139 Å². The smallest absolute Gasteiger partial charge is 0.0544 e. The van der Waals surface area contributed by atoms with Gasteiger partial charge in [-0.2, -0.15) is 0 Å². The highest BCUT2D eigenvalue weighted by Gasteiger charge is 2.38. The highest BCUT2D eigenvalue weighted by Crippen LogP contribution is 2.36. The number of benzene rings is 1. The minimum Gasteiger partial charge on any atom is -0.296 e. The van der Waals surface area contributed by atoms with E-state index in [1.165, 1.54) is 55.6 Å². The van der Waals surface area contributed by atoms with Gasteiger partial charge in [0.15, 0.2) is 0 Å². The van der Waals surface area contributed by atoms with Crippen LogP contribution in [0.15, 0.2) is 48.7 Å². The first-order valence-electron chi connectivity index (χ1n) is 8.91. The zero-order chi connectivity index (χ0) is 15.7. The van der Waals surface area contributed by atoms with Gasteiger partial charge in [-0.1, -0.05) is 49.7 Å². The van der Waals surface area contributed by atoms with Gasteiger partial charge < -0.3 is 0 Å². The van der Waals surface area contributed by atoms with Crippen LogP contribution in [0.25, 0.3) is 0 Å². The second-order valence-corrected chi connectivity index (χ2v) is 7.83. The molecule has 2 nitrogen and oxygen atoms in total. The molecule has 2 aliphatic rings. The van der Waals surface area contributed by atoms with E-state index in [2.05, 4.69) is 60.5 Å². The van der Waals surface area contributed by atoms with E-state index in [9.17, 15) is 0 Å². The van der Waals surface area contributed by atoms with Crippen LogP contribution in [0.1, 0.15) is 48.9 Å². The number of pyridine rings is 1. The quantitative estimate of drug-likeness (QED) is 0.813. The maximum atomic E-state index is 4.69. The van der Waals surface area contributed by atoms with Gasteiger partial charge in [0.25, 0.3) is 0 Å². The molecule has 23 heavy (non-hydrogen) atoms. The molecule has 2 heterocycles. The molecule has 2 fully saturated rings. The highest BCUT2D eigenvalue weighted by molar-refractivity contribution is 5.21. The van der Waals surface area contributed by atoms with Crippen molar-refractivity contribution in [2.45, 2.75) is 45.1 Å². The molecule has 1 saturated carbocycles. The third kappa shape index (κ3) is 3.32. The zero-order valence-corrected chi connectivity index (χ0v) is 14.0. The average Bonchev–Trinajstić information content (AvgIpc) is 2.47. The molecule has 0 radical (unpaired) electrons. The molecule has 0 atom stereocenters. The summed E-state index contributed by atoms with van der Waals surface area (Å²) in [5, 5.41) is 0. The van der Waals surface area contributed by atoms with Crippen molar-refractivity contribution in [1.29, 1.82) is 0 Å². The number of hydrogen-bond donors (Lipinski definition) is 0. The maximum absolute atomic E-state index is 4.69. The van der Waals surface area contributed by atoms with E-state index in [4.69, 9.17) is 4.98 Å². The molecule has 1 aromatic carbocycles. The Morgan fingerprint density at radius 2 is 1.87 bits per heavy atom. The van der Waals surface area contributed by atoms with Crippen LogP contribution in [0, 0.1) is 5.41 Å². The van der Waals surface area contributed by atoms with Crippen LogP contribution in [0.5, 0.6) is 0 Å². The summed E-state index contributed by atoms with van der Waals surface area (Å²) in [5.74, 6) is 0.787.